The smallest absolute Gasteiger partial charge is 0.0452 e. The van der Waals surface area contributed by atoms with E-state index in [9.17, 15) is 0 Å². The Morgan fingerprint density at radius 1 is 1.38 bits per heavy atom. The summed E-state index contributed by atoms with van der Waals surface area (Å²) >= 11 is 3.66. The molecule has 0 atom stereocenters. The van der Waals surface area contributed by atoms with E-state index in [1.54, 1.807) is 0 Å². The van der Waals surface area contributed by atoms with E-state index in [0.29, 0.717) is 0 Å². The van der Waals surface area contributed by atoms with Crippen molar-refractivity contribution < 1.29 is 0 Å². The Morgan fingerprint density at radius 2 is 2.00 bits per heavy atom. The molecule has 0 fully saturated rings. The summed E-state index contributed by atoms with van der Waals surface area (Å²) in [4.78, 5) is 0. The molecule has 0 aliphatic carbocycles. The highest BCUT2D eigenvalue weighted by Crippen LogP contribution is 2.32. The van der Waals surface area contributed by atoms with E-state index in [1.807, 2.05) is 6.08 Å². The fraction of sp³-hybridized carbons (Fsp3) is 0.333. The van der Waals surface area contributed by atoms with Crippen LogP contribution >= 0.6 is 15.9 Å². The number of alkyl halides is 1. The number of hydrogen-bond acceptors (Lipinski definition) is 0. The van der Waals surface area contributed by atoms with Gasteiger partial charge >= 0.3 is 0 Å². The topological polar surface area (TPSA) is 0 Å². The number of aryl methyl sites for hydroxylation is 1. The fourth-order valence-electron chi connectivity index (χ4n) is 1.48. The summed E-state index contributed by atoms with van der Waals surface area (Å²) < 4.78 is 0.0524. The highest BCUT2D eigenvalue weighted by atomic mass is 79.9. The van der Waals surface area contributed by atoms with Gasteiger partial charge < -0.3 is 0 Å². The van der Waals surface area contributed by atoms with Crippen molar-refractivity contribution in [1.82, 2.24) is 0 Å². The van der Waals surface area contributed by atoms with Crippen LogP contribution in [0.2, 0.25) is 0 Å². The molecule has 0 amide bonds. The van der Waals surface area contributed by atoms with Crippen molar-refractivity contribution in [3.8, 4) is 0 Å². The molecule has 0 unspecified atom stereocenters. The van der Waals surface area contributed by atoms with Crippen molar-refractivity contribution in [2.75, 3.05) is 0 Å². The van der Waals surface area contributed by atoms with Gasteiger partial charge in [0, 0.05) is 4.32 Å². The van der Waals surface area contributed by atoms with E-state index in [1.165, 1.54) is 16.7 Å². The van der Waals surface area contributed by atoms with Gasteiger partial charge in [0.1, 0.15) is 0 Å². The third kappa shape index (κ3) is 2.44. The largest absolute Gasteiger partial charge is 0.0985 e. The molecule has 70 valence electrons. The van der Waals surface area contributed by atoms with Gasteiger partial charge in [-0.1, -0.05) is 46.8 Å². The second kappa shape index (κ2) is 3.67. The minimum Gasteiger partial charge on any atom is -0.0985 e. The van der Waals surface area contributed by atoms with Crippen molar-refractivity contribution >= 4 is 22.0 Å². The summed E-state index contributed by atoms with van der Waals surface area (Å²) in [6.07, 6.45) is 1.87. The zero-order valence-corrected chi connectivity index (χ0v) is 9.98. The minimum atomic E-state index is 0.0524. The van der Waals surface area contributed by atoms with Gasteiger partial charge in [-0.15, -0.1) is 0 Å². The molecule has 13 heavy (non-hydrogen) atoms. The highest BCUT2D eigenvalue weighted by molar-refractivity contribution is 9.09. The van der Waals surface area contributed by atoms with Gasteiger partial charge in [0.2, 0.25) is 0 Å². The summed E-state index contributed by atoms with van der Waals surface area (Å²) in [5.41, 5.74) is 3.82. The molecule has 0 saturated carbocycles. The lowest BCUT2D eigenvalue weighted by Crippen LogP contribution is -2.08. The molecule has 0 N–H and O–H groups in total. The molecule has 0 radical (unpaired) electrons. The number of benzene rings is 1. The lowest BCUT2D eigenvalue weighted by Gasteiger charge is -2.19. The molecule has 0 heterocycles. The Hall–Kier alpha value is -0.560. The van der Waals surface area contributed by atoms with Gasteiger partial charge in [-0.3, -0.25) is 0 Å². The summed E-state index contributed by atoms with van der Waals surface area (Å²) in [6, 6.07) is 6.41. The summed E-state index contributed by atoms with van der Waals surface area (Å²) in [5.74, 6) is 0. The van der Waals surface area contributed by atoms with Crippen LogP contribution in [0, 0.1) is 6.92 Å². The van der Waals surface area contributed by atoms with Crippen molar-refractivity contribution in [2.24, 2.45) is 0 Å². The van der Waals surface area contributed by atoms with E-state index in [-0.39, 0.29) is 4.32 Å². The van der Waals surface area contributed by atoms with E-state index < -0.39 is 0 Å². The molecule has 0 bridgehead atoms. The molecule has 1 rings (SSSR count). The standard InChI is InChI=1S/C12H15Br/c1-5-10-6-7-11(9(2)8-10)12(3,4)13/h5-8H,1H2,2-4H3. The maximum absolute atomic E-state index is 3.75. The van der Waals surface area contributed by atoms with E-state index in [2.05, 4.69) is 61.5 Å². The Bertz CT molecular complexity index is 318. The second-order valence-electron chi connectivity index (χ2n) is 3.75. The van der Waals surface area contributed by atoms with Crippen molar-refractivity contribution in [2.45, 2.75) is 25.1 Å². The average molecular weight is 239 g/mol. The number of rotatable bonds is 2. The zero-order valence-electron chi connectivity index (χ0n) is 8.39. The van der Waals surface area contributed by atoms with Crippen molar-refractivity contribution in [3.05, 3.63) is 41.5 Å². The molecule has 0 saturated heterocycles. The highest BCUT2D eigenvalue weighted by Gasteiger charge is 2.17. The maximum Gasteiger partial charge on any atom is 0.0452 e. The summed E-state index contributed by atoms with van der Waals surface area (Å²) in [7, 11) is 0. The number of hydrogen-bond donors (Lipinski definition) is 0. The van der Waals surface area contributed by atoms with Gasteiger partial charge in [0.15, 0.2) is 0 Å². The van der Waals surface area contributed by atoms with Crippen LogP contribution in [0.4, 0.5) is 0 Å². The number of halogens is 1. The third-order valence-electron chi connectivity index (χ3n) is 2.13. The van der Waals surface area contributed by atoms with Gasteiger partial charge in [0.25, 0.3) is 0 Å². The van der Waals surface area contributed by atoms with E-state index in [0.717, 1.165) is 0 Å². The predicted molar refractivity (Wildman–Crippen MR) is 63.2 cm³/mol. The van der Waals surface area contributed by atoms with Gasteiger partial charge in [-0.2, -0.15) is 0 Å². The first-order chi connectivity index (χ1) is 5.95. The Labute approximate surface area is 88.8 Å². The maximum atomic E-state index is 3.75. The first-order valence-corrected chi connectivity index (χ1v) is 5.17. The molecule has 1 heteroatoms. The van der Waals surface area contributed by atoms with Crippen LogP contribution in [-0.4, -0.2) is 0 Å². The van der Waals surface area contributed by atoms with Gasteiger partial charge in [0.05, 0.1) is 0 Å². The molecule has 1 aromatic carbocycles. The van der Waals surface area contributed by atoms with E-state index >= 15 is 0 Å². The Kier molecular flexibility index (Phi) is 2.97. The van der Waals surface area contributed by atoms with Crippen LogP contribution in [0.15, 0.2) is 24.8 Å². The first kappa shape index (κ1) is 10.5. The molecule has 0 aliphatic rings. The summed E-state index contributed by atoms with van der Waals surface area (Å²) in [5, 5.41) is 0. The lowest BCUT2D eigenvalue weighted by molar-refractivity contribution is 0.795. The monoisotopic (exact) mass is 238 g/mol. The lowest BCUT2D eigenvalue weighted by atomic mass is 9.96. The Morgan fingerprint density at radius 3 is 2.38 bits per heavy atom. The third-order valence-corrected chi connectivity index (χ3v) is 2.55. The van der Waals surface area contributed by atoms with Crippen LogP contribution in [0.25, 0.3) is 6.08 Å². The van der Waals surface area contributed by atoms with Gasteiger partial charge in [-0.25, -0.2) is 0 Å². The van der Waals surface area contributed by atoms with Crippen LogP contribution in [0.5, 0.6) is 0 Å². The van der Waals surface area contributed by atoms with Crippen LogP contribution in [-0.2, 0) is 4.32 Å². The van der Waals surface area contributed by atoms with Crippen molar-refractivity contribution in [3.63, 3.8) is 0 Å². The molecular formula is C12H15Br. The Balaban J connectivity index is 3.20. The fourth-order valence-corrected chi connectivity index (χ4v) is 1.93. The van der Waals surface area contributed by atoms with Crippen LogP contribution in [0.1, 0.15) is 30.5 Å². The van der Waals surface area contributed by atoms with Crippen LogP contribution in [0.3, 0.4) is 0 Å². The molecule has 0 nitrogen and oxygen atoms in total. The predicted octanol–water partition coefficient (Wildman–Crippen LogP) is 4.27. The molecule has 0 aromatic heterocycles. The normalized spacial score (nSPS) is 11.4. The minimum absolute atomic E-state index is 0.0524. The zero-order chi connectivity index (χ0) is 10.1. The quantitative estimate of drug-likeness (QED) is 0.676. The second-order valence-corrected chi connectivity index (χ2v) is 5.73. The molecular weight excluding hydrogens is 224 g/mol. The van der Waals surface area contributed by atoms with Gasteiger partial charge in [-0.05, 0) is 37.5 Å². The molecule has 1 aromatic rings. The van der Waals surface area contributed by atoms with Crippen LogP contribution < -0.4 is 0 Å². The average Bonchev–Trinajstić information content (AvgIpc) is 2.01. The van der Waals surface area contributed by atoms with E-state index in [4.69, 9.17) is 0 Å². The molecule has 0 aliphatic heterocycles. The molecule has 0 spiro atoms. The SMILES string of the molecule is C=Cc1ccc(C(C)(C)Br)c(C)c1. The van der Waals surface area contributed by atoms with Crippen molar-refractivity contribution in [1.29, 1.82) is 0 Å². The summed E-state index contributed by atoms with van der Waals surface area (Å²) in [6.45, 7) is 10.2. The first-order valence-electron chi connectivity index (χ1n) is 4.37.